The standard InChI is InChI=1S/C16H12F2N2O5S/c17-16(18)24-13-6-3-11(7-14(13)25-16)19-15(21)9-26-8-10-1-4-12(5-2-10)20(22)23/h1-7H,8-9H2,(H,19,21). The number of amides is 1. The lowest BCUT2D eigenvalue weighted by molar-refractivity contribution is -0.384. The summed E-state index contributed by atoms with van der Waals surface area (Å²) < 4.78 is 34.5. The summed E-state index contributed by atoms with van der Waals surface area (Å²) in [5.74, 6) is 0.0646. The monoisotopic (exact) mass is 382 g/mol. The number of ether oxygens (including phenoxy) is 2. The summed E-state index contributed by atoms with van der Waals surface area (Å²) >= 11 is 1.32. The highest BCUT2D eigenvalue weighted by Gasteiger charge is 2.43. The average Bonchev–Trinajstić information content (AvgIpc) is 2.88. The Hall–Kier alpha value is -2.88. The van der Waals surface area contributed by atoms with Crippen LogP contribution in [0.1, 0.15) is 5.56 Å². The number of fused-ring (bicyclic) bond motifs is 1. The lowest BCUT2D eigenvalue weighted by atomic mass is 10.2. The Morgan fingerprint density at radius 2 is 1.85 bits per heavy atom. The molecule has 0 spiro atoms. The van der Waals surface area contributed by atoms with Crippen LogP contribution in [-0.4, -0.2) is 22.9 Å². The molecule has 1 aliphatic heterocycles. The van der Waals surface area contributed by atoms with Gasteiger partial charge in [0, 0.05) is 29.6 Å². The van der Waals surface area contributed by atoms with Crippen molar-refractivity contribution in [1.82, 2.24) is 0 Å². The third-order valence-electron chi connectivity index (χ3n) is 3.33. The van der Waals surface area contributed by atoms with Gasteiger partial charge in [-0.15, -0.1) is 20.5 Å². The van der Waals surface area contributed by atoms with E-state index in [1.807, 2.05) is 0 Å². The lowest BCUT2D eigenvalue weighted by Gasteiger charge is -2.06. The molecule has 1 heterocycles. The number of nitro benzene ring substituents is 1. The summed E-state index contributed by atoms with van der Waals surface area (Å²) in [5, 5.41) is 13.2. The molecule has 0 bridgehead atoms. The molecule has 1 amide bonds. The Bertz CT molecular complexity index is 845. The number of carbonyl (C=O) groups is 1. The van der Waals surface area contributed by atoms with Crippen LogP contribution in [0.25, 0.3) is 0 Å². The number of nitro groups is 1. The molecule has 3 rings (SSSR count). The van der Waals surface area contributed by atoms with Gasteiger partial charge in [-0.25, -0.2) is 0 Å². The molecule has 7 nitrogen and oxygen atoms in total. The van der Waals surface area contributed by atoms with Crippen molar-refractivity contribution < 1.29 is 28.0 Å². The Kier molecular flexibility index (Phi) is 4.94. The minimum atomic E-state index is -3.70. The molecule has 0 radical (unpaired) electrons. The molecule has 0 saturated heterocycles. The zero-order valence-corrected chi connectivity index (χ0v) is 13.9. The molecule has 0 atom stereocenters. The second-order valence-corrected chi connectivity index (χ2v) is 6.28. The topological polar surface area (TPSA) is 90.7 Å². The number of halogens is 2. The third kappa shape index (κ3) is 4.39. The number of non-ortho nitro benzene ring substituents is 1. The van der Waals surface area contributed by atoms with E-state index in [-0.39, 0.29) is 28.8 Å². The van der Waals surface area contributed by atoms with Gasteiger partial charge in [0.05, 0.1) is 10.7 Å². The molecule has 1 aliphatic rings. The van der Waals surface area contributed by atoms with Gasteiger partial charge in [0.25, 0.3) is 5.69 Å². The molecule has 0 fully saturated rings. The van der Waals surface area contributed by atoms with Crippen molar-refractivity contribution >= 4 is 29.0 Å². The lowest BCUT2D eigenvalue weighted by Crippen LogP contribution is -2.25. The van der Waals surface area contributed by atoms with Crippen LogP contribution in [0.15, 0.2) is 42.5 Å². The molecule has 10 heteroatoms. The zero-order chi connectivity index (χ0) is 18.7. The van der Waals surface area contributed by atoms with Gasteiger partial charge in [0.1, 0.15) is 0 Å². The van der Waals surface area contributed by atoms with Crippen LogP contribution < -0.4 is 14.8 Å². The van der Waals surface area contributed by atoms with Crippen LogP contribution in [0.3, 0.4) is 0 Å². The molecular weight excluding hydrogens is 370 g/mol. The number of alkyl halides is 2. The highest BCUT2D eigenvalue weighted by Crippen LogP contribution is 2.42. The van der Waals surface area contributed by atoms with Crippen molar-refractivity contribution in [2.24, 2.45) is 0 Å². The first-order chi connectivity index (χ1) is 12.3. The van der Waals surface area contributed by atoms with Gasteiger partial charge < -0.3 is 14.8 Å². The van der Waals surface area contributed by atoms with E-state index >= 15 is 0 Å². The van der Waals surface area contributed by atoms with E-state index in [9.17, 15) is 23.7 Å². The minimum Gasteiger partial charge on any atom is -0.395 e. The molecule has 136 valence electrons. The predicted molar refractivity (Wildman–Crippen MR) is 90.5 cm³/mol. The molecular formula is C16H12F2N2O5S. The van der Waals surface area contributed by atoms with Gasteiger partial charge in [0.15, 0.2) is 11.5 Å². The number of thioether (sulfide) groups is 1. The number of nitrogens with one attached hydrogen (secondary N) is 1. The van der Waals surface area contributed by atoms with Crippen molar-refractivity contribution in [3.8, 4) is 11.5 Å². The number of benzene rings is 2. The van der Waals surface area contributed by atoms with Gasteiger partial charge in [0.2, 0.25) is 5.91 Å². The van der Waals surface area contributed by atoms with Gasteiger partial charge in [-0.05, 0) is 17.7 Å². The van der Waals surface area contributed by atoms with Crippen LogP contribution in [0.5, 0.6) is 11.5 Å². The third-order valence-corrected chi connectivity index (χ3v) is 4.34. The largest absolute Gasteiger partial charge is 0.586 e. The normalized spacial score (nSPS) is 14.1. The first kappa shape index (κ1) is 17.9. The predicted octanol–water partition coefficient (Wildman–Crippen LogP) is 3.79. The van der Waals surface area contributed by atoms with E-state index in [0.29, 0.717) is 11.4 Å². The van der Waals surface area contributed by atoms with Crippen molar-refractivity contribution in [3.63, 3.8) is 0 Å². The summed E-state index contributed by atoms with van der Waals surface area (Å²) in [5.41, 5.74) is 1.16. The molecule has 1 N–H and O–H groups in total. The van der Waals surface area contributed by atoms with Crippen LogP contribution >= 0.6 is 11.8 Å². The Morgan fingerprint density at radius 1 is 1.15 bits per heavy atom. The molecule has 0 aromatic heterocycles. The highest BCUT2D eigenvalue weighted by atomic mass is 32.2. The van der Waals surface area contributed by atoms with Crippen LogP contribution in [0.2, 0.25) is 0 Å². The molecule has 0 saturated carbocycles. The molecule has 2 aromatic carbocycles. The second kappa shape index (κ2) is 7.16. The highest BCUT2D eigenvalue weighted by molar-refractivity contribution is 7.99. The van der Waals surface area contributed by atoms with Gasteiger partial charge in [-0.2, -0.15) is 0 Å². The number of nitrogens with zero attached hydrogens (tertiary/aromatic N) is 1. The summed E-state index contributed by atoms with van der Waals surface area (Å²) in [7, 11) is 0. The fourth-order valence-corrected chi connectivity index (χ4v) is 2.99. The maximum absolute atomic E-state index is 13.0. The summed E-state index contributed by atoms with van der Waals surface area (Å²) in [6.45, 7) is 0. The summed E-state index contributed by atoms with van der Waals surface area (Å²) in [6, 6.07) is 10.0. The maximum atomic E-state index is 13.0. The van der Waals surface area contributed by atoms with E-state index in [4.69, 9.17) is 0 Å². The second-order valence-electron chi connectivity index (χ2n) is 5.29. The van der Waals surface area contributed by atoms with Crippen molar-refractivity contribution in [2.75, 3.05) is 11.1 Å². The fraction of sp³-hybridized carbons (Fsp3) is 0.188. The Labute approximate surface area is 150 Å². The van der Waals surface area contributed by atoms with E-state index in [1.165, 1.54) is 42.1 Å². The van der Waals surface area contributed by atoms with Crippen molar-refractivity contribution in [2.45, 2.75) is 12.0 Å². The van der Waals surface area contributed by atoms with E-state index < -0.39 is 11.2 Å². The first-order valence-electron chi connectivity index (χ1n) is 7.33. The van der Waals surface area contributed by atoms with Crippen molar-refractivity contribution in [3.05, 3.63) is 58.1 Å². The van der Waals surface area contributed by atoms with Crippen molar-refractivity contribution in [1.29, 1.82) is 0 Å². The number of carbonyl (C=O) groups excluding carboxylic acids is 1. The minimum absolute atomic E-state index is 0.00452. The van der Waals surface area contributed by atoms with Gasteiger partial charge >= 0.3 is 6.29 Å². The number of rotatable bonds is 6. The molecule has 26 heavy (non-hydrogen) atoms. The summed E-state index contributed by atoms with van der Waals surface area (Å²) in [6.07, 6.45) is -3.70. The van der Waals surface area contributed by atoms with E-state index in [2.05, 4.69) is 14.8 Å². The van der Waals surface area contributed by atoms with Gasteiger partial charge in [-0.1, -0.05) is 12.1 Å². The van der Waals surface area contributed by atoms with Crippen LogP contribution in [0, 0.1) is 10.1 Å². The zero-order valence-electron chi connectivity index (χ0n) is 13.1. The summed E-state index contributed by atoms with van der Waals surface area (Å²) in [4.78, 5) is 22.0. The number of anilines is 1. The molecule has 2 aromatic rings. The number of hydrogen-bond acceptors (Lipinski definition) is 6. The quantitative estimate of drug-likeness (QED) is 0.604. The van der Waals surface area contributed by atoms with Gasteiger partial charge in [-0.3, -0.25) is 14.9 Å². The Morgan fingerprint density at radius 3 is 2.54 bits per heavy atom. The van der Waals surface area contributed by atoms with Crippen LogP contribution in [-0.2, 0) is 10.5 Å². The molecule has 0 unspecified atom stereocenters. The van der Waals surface area contributed by atoms with E-state index in [0.717, 1.165) is 5.56 Å². The van der Waals surface area contributed by atoms with Crippen LogP contribution in [0.4, 0.5) is 20.2 Å². The first-order valence-corrected chi connectivity index (χ1v) is 8.49. The van der Waals surface area contributed by atoms with E-state index in [1.54, 1.807) is 12.1 Å². The maximum Gasteiger partial charge on any atom is 0.586 e. The smallest absolute Gasteiger partial charge is 0.395 e. The fourth-order valence-electron chi connectivity index (χ4n) is 2.20. The Balaban J connectivity index is 1.48. The SMILES string of the molecule is O=C(CSCc1ccc([N+](=O)[O-])cc1)Nc1ccc2c(c1)OC(F)(F)O2. The number of hydrogen-bond donors (Lipinski definition) is 1. The average molecular weight is 382 g/mol. The molecule has 0 aliphatic carbocycles.